The van der Waals surface area contributed by atoms with Crippen molar-refractivity contribution in [1.82, 2.24) is 18.7 Å². The van der Waals surface area contributed by atoms with E-state index in [0.29, 0.717) is 28.3 Å². The summed E-state index contributed by atoms with van der Waals surface area (Å²) in [6.07, 6.45) is 5.82. The van der Waals surface area contributed by atoms with Crippen LogP contribution in [0.3, 0.4) is 0 Å². The molecule has 5 heterocycles. The fraction of sp³-hybridized carbons (Fsp3) is 0.108. The number of fused-ring (bicyclic) bond motifs is 13. The largest absolute Gasteiger partial charge is 0.510 e. The zero-order valence-corrected chi connectivity index (χ0v) is 47.7. The van der Waals surface area contributed by atoms with Crippen molar-refractivity contribution in [1.29, 1.82) is 0 Å². The van der Waals surface area contributed by atoms with Crippen molar-refractivity contribution in [2.45, 2.75) is 52.4 Å². The molecule has 81 heavy (non-hydrogen) atoms. The molecule has 10 aromatic carbocycles. The Hall–Kier alpha value is -9.09. The number of pyridine rings is 1. The van der Waals surface area contributed by atoms with Gasteiger partial charge in [0.1, 0.15) is 5.82 Å². The molecular weight excluding hydrogens is 1170 g/mol. The summed E-state index contributed by atoms with van der Waals surface area (Å²) >= 11 is 0. The van der Waals surface area contributed by atoms with Crippen molar-refractivity contribution in [3.8, 4) is 78.9 Å². The second kappa shape index (κ2) is 19.0. The number of hydrogen-bond acceptors (Lipinski definition) is 2. The van der Waals surface area contributed by atoms with E-state index >= 15 is 0 Å². The van der Waals surface area contributed by atoms with Gasteiger partial charge in [0.25, 0.3) is 6.33 Å². The Bertz CT molecular complexity index is 5080. The molecular formula is C74H55N5OPt-2. The van der Waals surface area contributed by atoms with E-state index in [1.807, 2.05) is 59.3 Å². The summed E-state index contributed by atoms with van der Waals surface area (Å²) in [5.41, 5.74) is 15.8. The Morgan fingerprint density at radius 2 is 1.06 bits per heavy atom. The summed E-state index contributed by atoms with van der Waals surface area (Å²) in [5, 5.41) is 4.34. The Labute approximate surface area is 493 Å². The quantitative estimate of drug-likeness (QED) is 0.123. The van der Waals surface area contributed by atoms with E-state index in [1.54, 1.807) is 0 Å². The van der Waals surface area contributed by atoms with E-state index in [0.717, 1.165) is 111 Å². The maximum atomic E-state index is 9.39. The third kappa shape index (κ3) is 8.18. The monoisotopic (exact) mass is 1230 g/mol. The number of benzene rings is 10. The fourth-order valence-corrected chi connectivity index (χ4v) is 12.0. The minimum Gasteiger partial charge on any atom is -0.510 e. The molecule has 6 nitrogen and oxygen atoms in total. The van der Waals surface area contributed by atoms with Gasteiger partial charge in [0.2, 0.25) is 0 Å². The molecule has 0 radical (unpaired) electrons. The van der Waals surface area contributed by atoms with Crippen LogP contribution in [-0.2, 0) is 31.9 Å². The van der Waals surface area contributed by atoms with Crippen LogP contribution in [0, 0.1) is 18.5 Å². The number of hydrogen-bond donors (Lipinski definition) is 0. The molecule has 0 unspecified atom stereocenters. The van der Waals surface area contributed by atoms with Crippen molar-refractivity contribution in [3.63, 3.8) is 0 Å². The molecule has 0 atom stereocenters. The molecule has 0 fully saturated rings. The molecule has 0 saturated carbocycles. The molecule has 394 valence electrons. The standard InChI is InChI=1S/C74H55N5O.Pt/c1-73(2,3)49-37-38-75-70(43-49)79-66-34-19-16-31-60(66)61-36-35-53(45-67(61)79)80-52-24-20-23-51(44-52)76-46-77-71-62(39-48(40-68(71)76)47-21-8-7-9-22-47)56-27-12-10-25-54(56)55-26-11-13-28-57(55)63-41-50(74(4,5)6)42-69(72(63)77)78-64-32-17-14-29-58(64)59-30-15-18-33-65(59)78;/h7-43H,1-6H3;/q-2;/i7D,8D,9D,21D,22D;. The molecule has 7 heteroatoms. The fourth-order valence-electron chi connectivity index (χ4n) is 12.0. The topological polar surface area (TPSA) is 40.8 Å². The van der Waals surface area contributed by atoms with Crippen LogP contribution >= 0.6 is 0 Å². The Kier molecular flexibility index (Phi) is 10.5. The Morgan fingerprint density at radius 1 is 0.481 bits per heavy atom. The van der Waals surface area contributed by atoms with Gasteiger partial charge in [0.05, 0.1) is 40.3 Å². The number of rotatable bonds is 6. The minimum absolute atomic E-state index is 0. The minimum atomic E-state index is -0.457. The summed E-state index contributed by atoms with van der Waals surface area (Å²) in [6.45, 7) is 13.4. The first-order valence-electron chi connectivity index (χ1n) is 29.6. The summed E-state index contributed by atoms with van der Waals surface area (Å²) in [4.78, 5) is 4.90. The second-order valence-corrected chi connectivity index (χ2v) is 22.9. The van der Waals surface area contributed by atoms with Gasteiger partial charge in [-0.1, -0.05) is 193 Å². The van der Waals surface area contributed by atoms with Crippen LogP contribution in [-0.4, -0.2) is 18.7 Å². The molecule has 0 N–H and O–H groups in total. The Morgan fingerprint density at radius 3 is 1.72 bits per heavy atom. The molecule has 0 spiro atoms. The SMILES string of the molecule is [2H]c1c([2H])c([2H])c(-c2cc3c4c(c2)n(-c2[c-]c(Oc5[c-]c6c(cc5)c5ccccc5n6-c5cc(C(C)(C)C)ccn5)ccc2)[c-][n+]4-c2c(cc(C(C)(C)C)cc2-n2c4ccccc4c4ccccc42)-c2ccccc2-c2ccccc2-3)c([2H])c1[2H].[Pt]. The van der Waals surface area contributed by atoms with Gasteiger partial charge in [-0.15, -0.1) is 29.7 Å². The van der Waals surface area contributed by atoms with E-state index in [4.69, 9.17) is 13.8 Å². The van der Waals surface area contributed by atoms with Gasteiger partial charge in [0, 0.05) is 55.1 Å². The first-order chi connectivity index (χ1) is 41.0. The summed E-state index contributed by atoms with van der Waals surface area (Å²) in [5.74, 6) is 1.69. The third-order valence-corrected chi connectivity index (χ3v) is 15.9. The van der Waals surface area contributed by atoms with Crippen LogP contribution in [0.1, 0.15) is 59.5 Å². The molecule has 0 amide bonds. The summed E-state index contributed by atoms with van der Waals surface area (Å²) < 4.78 is 60.8. The first-order valence-corrected chi connectivity index (χ1v) is 27.1. The number of nitrogens with zero attached hydrogens (tertiary/aromatic N) is 5. The van der Waals surface area contributed by atoms with Gasteiger partial charge in [-0.3, -0.25) is 4.57 Å². The molecule has 4 aromatic heterocycles. The number of para-hydroxylation sites is 3. The van der Waals surface area contributed by atoms with Gasteiger partial charge in [-0.2, -0.15) is 18.2 Å². The smallest absolute Gasteiger partial charge is 0.268 e. The molecule has 0 aliphatic carbocycles. The molecule has 1 aliphatic rings. The van der Waals surface area contributed by atoms with Gasteiger partial charge in [0.15, 0.2) is 0 Å². The van der Waals surface area contributed by atoms with E-state index in [1.165, 1.54) is 0 Å². The third-order valence-electron chi connectivity index (χ3n) is 15.9. The Balaban J connectivity index is 0.00000653. The van der Waals surface area contributed by atoms with Crippen LogP contribution in [0.4, 0.5) is 0 Å². The van der Waals surface area contributed by atoms with Crippen LogP contribution < -0.4 is 9.30 Å². The van der Waals surface area contributed by atoms with Gasteiger partial charge in [-0.25, -0.2) is 4.98 Å². The van der Waals surface area contributed by atoms with Crippen LogP contribution in [0.5, 0.6) is 11.5 Å². The van der Waals surface area contributed by atoms with Crippen LogP contribution in [0.15, 0.2) is 224 Å². The zero-order valence-electron chi connectivity index (χ0n) is 50.4. The van der Waals surface area contributed by atoms with Crippen LogP contribution in [0.25, 0.3) is 122 Å². The van der Waals surface area contributed by atoms with Crippen molar-refractivity contribution < 1.29 is 37.2 Å². The second-order valence-electron chi connectivity index (χ2n) is 22.9. The predicted octanol–water partition coefficient (Wildman–Crippen LogP) is 18.3. The molecule has 0 saturated heterocycles. The normalized spacial score (nSPS) is 13.1. The van der Waals surface area contributed by atoms with E-state index in [2.05, 4.69) is 213 Å². The predicted molar refractivity (Wildman–Crippen MR) is 327 cm³/mol. The maximum Gasteiger partial charge on any atom is 0.268 e. The molecule has 1 aliphatic heterocycles. The van der Waals surface area contributed by atoms with E-state index in [9.17, 15) is 2.74 Å². The molecule has 14 aromatic rings. The molecule has 15 rings (SSSR count). The van der Waals surface area contributed by atoms with E-state index in [-0.39, 0.29) is 49.5 Å². The molecule has 0 bridgehead atoms. The summed E-state index contributed by atoms with van der Waals surface area (Å²) in [7, 11) is 0. The number of ether oxygens (including phenoxy) is 1. The van der Waals surface area contributed by atoms with Crippen molar-refractivity contribution in [2.24, 2.45) is 0 Å². The maximum absolute atomic E-state index is 9.39. The first kappa shape index (κ1) is 44.7. The average molecular weight is 1230 g/mol. The van der Waals surface area contributed by atoms with E-state index < -0.39 is 18.1 Å². The van der Waals surface area contributed by atoms with Crippen molar-refractivity contribution >= 4 is 54.6 Å². The summed E-state index contributed by atoms with van der Waals surface area (Å²) in [6, 6.07) is 70.4. The van der Waals surface area contributed by atoms with Gasteiger partial charge < -0.3 is 18.4 Å². The number of aromatic nitrogens is 5. The van der Waals surface area contributed by atoms with Gasteiger partial charge >= 0.3 is 0 Å². The zero-order chi connectivity index (χ0) is 58.4. The number of imidazole rings is 1. The van der Waals surface area contributed by atoms with Crippen molar-refractivity contribution in [3.05, 3.63) is 254 Å². The van der Waals surface area contributed by atoms with Crippen LogP contribution in [0.2, 0.25) is 0 Å². The van der Waals surface area contributed by atoms with Gasteiger partial charge in [-0.05, 0) is 120 Å². The van der Waals surface area contributed by atoms with Crippen molar-refractivity contribution in [2.75, 3.05) is 0 Å². The average Bonchev–Trinajstić information content (AvgIpc) is 2.00.